The van der Waals surface area contributed by atoms with E-state index < -0.39 is 0 Å². The van der Waals surface area contributed by atoms with E-state index in [1.165, 1.54) is 5.56 Å². The van der Waals surface area contributed by atoms with Crippen molar-refractivity contribution in [2.75, 3.05) is 7.11 Å². The van der Waals surface area contributed by atoms with Crippen LogP contribution >= 0.6 is 0 Å². The molecule has 0 spiro atoms. The number of nitrogens with one attached hydrogen (secondary N) is 1. The van der Waals surface area contributed by atoms with Gasteiger partial charge in [-0.05, 0) is 44.0 Å². The molecule has 4 nitrogen and oxygen atoms in total. The maximum absolute atomic E-state index is 5.70. The molecule has 0 aliphatic heterocycles. The van der Waals surface area contributed by atoms with Crippen molar-refractivity contribution in [3.05, 3.63) is 58.9 Å². The molecule has 106 valence electrons. The Bertz CT molecular complexity index is 584. The van der Waals surface area contributed by atoms with E-state index in [2.05, 4.69) is 23.4 Å². The molecule has 0 aliphatic rings. The van der Waals surface area contributed by atoms with Crippen molar-refractivity contribution in [2.24, 2.45) is 5.84 Å². The minimum atomic E-state index is -0.0365. The number of hydrazine groups is 1. The Morgan fingerprint density at radius 3 is 2.70 bits per heavy atom. The molecule has 0 fully saturated rings. The molecule has 1 atom stereocenters. The van der Waals surface area contributed by atoms with Gasteiger partial charge in [-0.2, -0.15) is 0 Å². The average molecular weight is 271 g/mol. The van der Waals surface area contributed by atoms with Crippen molar-refractivity contribution in [3.8, 4) is 5.75 Å². The molecule has 0 bridgehead atoms. The zero-order valence-corrected chi connectivity index (χ0v) is 12.2. The molecule has 0 radical (unpaired) electrons. The normalized spacial score (nSPS) is 12.2. The van der Waals surface area contributed by atoms with Crippen molar-refractivity contribution in [3.63, 3.8) is 0 Å². The van der Waals surface area contributed by atoms with Crippen LogP contribution in [-0.2, 0) is 6.42 Å². The molecule has 0 saturated heterocycles. The number of hydrogen-bond acceptors (Lipinski definition) is 4. The summed E-state index contributed by atoms with van der Waals surface area (Å²) < 4.78 is 5.42. The molecule has 1 heterocycles. The van der Waals surface area contributed by atoms with Gasteiger partial charge in [0.15, 0.2) is 0 Å². The van der Waals surface area contributed by atoms with Crippen LogP contribution in [0.1, 0.15) is 28.6 Å². The smallest absolute Gasteiger partial charge is 0.122 e. The lowest BCUT2D eigenvalue weighted by Crippen LogP contribution is -2.30. The summed E-state index contributed by atoms with van der Waals surface area (Å²) in [7, 11) is 1.68. The van der Waals surface area contributed by atoms with Crippen molar-refractivity contribution in [2.45, 2.75) is 26.3 Å². The number of pyridine rings is 1. The summed E-state index contributed by atoms with van der Waals surface area (Å²) in [6, 6.07) is 12.1. The molecule has 2 rings (SSSR count). The summed E-state index contributed by atoms with van der Waals surface area (Å²) in [5.74, 6) is 6.58. The number of aromatic nitrogens is 1. The van der Waals surface area contributed by atoms with E-state index in [0.29, 0.717) is 0 Å². The minimum Gasteiger partial charge on any atom is -0.496 e. The van der Waals surface area contributed by atoms with Crippen LogP contribution in [0.5, 0.6) is 5.75 Å². The first kappa shape index (κ1) is 14.5. The summed E-state index contributed by atoms with van der Waals surface area (Å²) in [5, 5.41) is 0. The highest BCUT2D eigenvalue weighted by atomic mass is 16.5. The number of rotatable bonds is 5. The van der Waals surface area contributed by atoms with Crippen LogP contribution in [0, 0.1) is 13.8 Å². The van der Waals surface area contributed by atoms with Crippen molar-refractivity contribution >= 4 is 0 Å². The largest absolute Gasteiger partial charge is 0.496 e. The number of hydrogen-bond donors (Lipinski definition) is 2. The van der Waals surface area contributed by atoms with Crippen molar-refractivity contribution < 1.29 is 4.74 Å². The van der Waals surface area contributed by atoms with Crippen LogP contribution in [0.4, 0.5) is 0 Å². The van der Waals surface area contributed by atoms with E-state index in [1.807, 2.05) is 37.3 Å². The molecule has 4 heteroatoms. The molecule has 1 unspecified atom stereocenters. The lowest BCUT2D eigenvalue weighted by Gasteiger charge is -2.18. The maximum atomic E-state index is 5.70. The van der Waals surface area contributed by atoms with Gasteiger partial charge in [0.1, 0.15) is 5.75 Å². The molecule has 20 heavy (non-hydrogen) atoms. The van der Waals surface area contributed by atoms with Crippen LogP contribution in [-0.4, -0.2) is 12.1 Å². The first-order valence-corrected chi connectivity index (χ1v) is 6.67. The van der Waals surface area contributed by atoms with E-state index in [9.17, 15) is 0 Å². The van der Waals surface area contributed by atoms with Gasteiger partial charge in [0.05, 0.1) is 18.8 Å². The predicted molar refractivity (Wildman–Crippen MR) is 80.5 cm³/mol. The second-order valence-corrected chi connectivity index (χ2v) is 4.94. The number of nitrogens with zero attached hydrogens (tertiary/aromatic N) is 1. The lowest BCUT2D eigenvalue weighted by atomic mass is 10.0. The summed E-state index contributed by atoms with van der Waals surface area (Å²) in [4.78, 5) is 4.54. The number of nitrogens with two attached hydrogens (primary N) is 1. The monoisotopic (exact) mass is 271 g/mol. The third-order valence-corrected chi connectivity index (χ3v) is 3.33. The van der Waals surface area contributed by atoms with Crippen LogP contribution in [0.2, 0.25) is 0 Å². The molecular formula is C16H21N3O. The van der Waals surface area contributed by atoms with Gasteiger partial charge in [0.2, 0.25) is 0 Å². The Morgan fingerprint density at radius 1 is 1.25 bits per heavy atom. The second kappa shape index (κ2) is 6.50. The Labute approximate surface area is 120 Å². The number of benzene rings is 1. The topological polar surface area (TPSA) is 60.2 Å². The summed E-state index contributed by atoms with van der Waals surface area (Å²) >= 11 is 0. The first-order valence-electron chi connectivity index (χ1n) is 6.67. The standard InChI is InChI=1S/C16H21N3O/c1-11-7-8-16(20-3)13(9-11)10-15(19-17)14-6-4-5-12(2)18-14/h4-9,15,19H,10,17H2,1-3H3. The van der Waals surface area contributed by atoms with Crippen LogP contribution in [0.15, 0.2) is 36.4 Å². The van der Waals surface area contributed by atoms with Crippen molar-refractivity contribution in [1.29, 1.82) is 0 Å². The van der Waals surface area contributed by atoms with Crippen LogP contribution in [0.25, 0.3) is 0 Å². The molecular weight excluding hydrogens is 250 g/mol. The van der Waals surface area contributed by atoms with Crippen LogP contribution < -0.4 is 16.0 Å². The van der Waals surface area contributed by atoms with Gasteiger partial charge in [-0.25, -0.2) is 0 Å². The van der Waals surface area contributed by atoms with Gasteiger partial charge in [-0.1, -0.05) is 23.8 Å². The average Bonchev–Trinajstić information content (AvgIpc) is 2.45. The van der Waals surface area contributed by atoms with Crippen LogP contribution in [0.3, 0.4) is 0 Å². The highest BCUT2D eigenvalue weighted by molar-refractivity contribution is 5.38. The van der Waals surface area contributed by atoms with Gasteiger partial charge in [0, 0.05) is 5.69 Å². The highest BCUT2D eigenvalue weighted by Gasteiger charge is 2.15. The lowest BCUT2D eigenvalue weighted by molar-refractivity contribution is 0.405. The Morgan fingerprint density at radius 2 is 2.05 bits per heavy atom. The highest BCUT2D eigenvalue weighted by Crippen LogP contribution is 2.25. The fourth-order valence-corrected chi connectivity index (χ4v) is 2.29. The third-order valence-electron chi connectivity index (χ3n) is 3.33. The number of aryl methyl sites for hydroxylation is 2. The predicted octanol–water partition coefficient (Wildman–Crippen LogP) is 2.45. The zero-order valence-electron chi connectivity index (χ0n) is 12.2. The Hall–Kier alpha value is -1.91. The third kappa shape index (κ3) is 3.35. The van der Waals surface area contributed by atoms with Gasteiger partial charge < -0.3 is 4.74 Å². The fourth-order valence-electron chi connectivity index (χ4n) is 2.29. The maximum Gasteiger partial charge on any atom is 0.122 e. The molecule has 3 N–H and O–H groups in total. The van der Waals surface area contributed by atoms with E-state index in [1.54, 1.807) is 7.11 Å². The SMILES string of the molecule is COc1ccc(C)cc1CC(NN)c1cccc(C)n1. The second-order valence-electron chi connectivity index (χ2n) is 4.94. The molecule has 1 aromatic heterocycles. The molecule has 2 aromatic rings. The van der Waals surface area contributed by atoms with E-state index >= 15 is 0 Å². The number of ether oxygens (including phenoxy) is 1. The van der Waals surface area contributed by atoms with Crippen molar-refractivity contribution in [1.82, 2.24) is 10.4 Å². The Kier molecular flexibility index (Phi) is 4.71. The summed E-state index contributed by atoms with van der Waals surface area (Å²) in [6.45, 7) is 4.04. The summed E-state index contributed by atoms with van der Waals surface area (Å²) in [6.07, 6.45) is 0.734. The molecule has 0 amide bonds. The summed E-state index contributed by atoms with van der Waals surface area (Å²) in [5.41, 5.74) is 7.10. The zero-order chi connectivity index (χ0) is 14.5. The van der Waals surface area contributed by atoms with E-state index in [-0.39, 0.29) is 6.04 Å². The van der Waals surface area contributed by atoms with Gasteiger partial charge in [-0.15, -0.1) is 0 Å². The van der Waals surface area contributed by atoms with E-state index in [4.69, 9.17) is 10.6 Å². The molecule has 1 aromatic carbocycles. The minimum absolute atomic E-state index is 0.0365. The van der Waals surface area contributed by atoms with Gasteiger partial charge in [0.25, 0.3) is 0 Å². The Balaban J connectivity index is 2.28. The number of methoxy groups -OCH3 is 1. The quantitative estimate of drug-likeness (QED) is 0.648. The molecule has 0 aliphatic carbocycles. The fraction of sp³-hybridized carbons (Fsp3) is 0.312. The van der Waals surface area contributed by atoms with E-state index in [0.717, 1.165) is 29.1 Å². The first-order chi connectivity index (χ1) is 9.63. The molecule has 0 saturated carbocycles. The van der Waals surface area contributed by atoms with Gasteiger partial charge >= 0.3 is 0 Å². The van der Waals surface area contributed by atoms with Gasteiger partial charge in [-0.3, -0.25) is 16.3 Å².